The Hall–Kier alpha value is -3.09. The van der Waals surface area contributed by atoms with Gasteiger partial charge in [0, 0.05) is 18.2 Å². The van der Waals surface area contributed by atoms with Crippen molar-refractivity contribution >= 4 is 17.7 Å². The molecule has 0 unspecified atom stereocenters. The molecule has 7 heteroatoms. The zero-order valence-corrected chi connectivity index (χ0v) is 14.9. The molecular formula is C19H22N2O5. The Labute approximate surface area is 152 Å². The average molecular weight is 358 g/mol. The summed E-state index contributed by atoms with van der Waals surface area (Å²) >= 11 is 0. The first-order valence-corrected chi connectivity index (χ1v) is 8.45. The van der Waals surface area contributed by atoms with E-state index < -0.39 is 4.92 Å². The highest BCUT2D eigenvalue weighted by molar-refractivity contribution is 5.79. The largest absolute Gasteiger partial charge is 0.490 e. The summed E-state index contributed by atoms with van der Waals surface area (Å²) in [6.45, 7) is 5.42. The lowest BCUT2D eigenvalue weighted by Crippen LogP contribution is -2.08. The zero-order chi connectivity index (χ0) is 18.9. The van der Waals surface area contributed by atoms with Crippen LogP contribution in [-0.4, -0.2) is 31.0 Å². The highest BCUT2D eigenvalue weighted by Crippen LogP contribution is 2.29. The van der Waals surface area contributed by atoms with Gasteiger partial charge in [-0.1, -0.05) is 6.07 Å². The van der Waals surface area contributed by atoms with Gasteiger partial charge in [-0.25, -0.2) is 0 Å². The molecule has 0 bridgehead atoms. The molecule has 7 nitrogen and oxygen atoms in total. The van der Waals surface area contributed by atoms with Crippen LogP contribution in [0.2, 0.25) is 0 Å². The predicted molar refractivity (Wildman–Crippen MR) is 99.5 cm³/mol. The number of carbonyl (C=O) groups excluding carboxylic acids is 1. The van der Waals surface area contributed by atoms with Crippen LogP contribution in [0.25, 0.3) is 0 Å². The van der Waals surface area contributed by atoms with Crippen LogP contribution in [0.5, 0.6) is 11.5 Å². The molecule has 0 radical (unpaired) electrons. The van der Waals surface area contributed by atoms with Crippen molar-refractivity contribution in [1.29, 1.82) is 0 Å². The molecule has 0 atom stereocenters. The number of nitrogens with one attached hydrogen (secondary N) is 1. The summed E-state index contributed by atoms with van der Waals surface area (Å²) in [4.78, 5) is 21.4. The summed E-state index contributed by atoms with van der Waals surface area (Å²) in [6, 6.07) is 10.1. The first-order valence-electron chi connectivity index (χ1n) is 8.45. The van der Waals surface area contributed by atoms with Gasteiger partial charge in [-0.15, -0.1) is 0 Å². The van der Waals surface area contributed by atoms with Gasteiger partial charge in [0.1, 0.15) is 12.0 Å². The molecule has 0 aromatic heterocycles. The SMILES string of the molecule is CCOc1ccc(CCNc2ccc(C=O)cc2[N+](=O)[O-])cc1OCC. The average Bonchev–Trinajstić information content (AvgIpc) is 2.64. The normalized spacial score (nSPS) is 10.2. The second kappa shape index (κ2) is 9.41. The second-order valence-corrected chi connectivity index (χ2v) is 5.48. The molecule has 0 amide bonds. The maximum absolute atomic E-state index is 11.2. The van der Waals surface area contributed by atoms with E-state index >= 15 is 0 Å². The van der Waals surface area contributed by atoms with Crippen LogP contribution in [0.1, 0.15) is 29.8 Å². The van der Waals surface area contributed by atoms with Gasteiger partial charge in [0.15, 0.2) is 11.5 Å². The highest BCUT2D eigenvalue weighted by atomic mass is 16.6. The predicted octanol–water partition coefficient (Wildman–Crippen LogP) is 3.86. The van der Waals surface area contributed by atoms with Crippen molar-refractivity contribution in [3.63, 3.8) is 0 Å². The fourth-order valence-electron chi connectivity index (χ4n) is 2.52. The third-order valence-electron chi connectivity index (χ3n) is 3.69. The minimum absolute atomic E-state index is 0.115. The van der Waals surface area contributed by atoms with Gasteiger partial charge in [0.05, 0.1) is 18.1 Å². The molecule has 0 saturated carbocycles. The van der Waals surface area contributed by atoms with Crippen LogP contribution in [0.4, 0.5) is 11.4 Å². The number of aldehydes is 1. The summed E-state index contributed by atoms with van der Waals surface area (Å²) in [6.07, 6.45) is 1.24. The van der Waals surface area contributed by atoms with E-state index in [9.17, 15) is 14.9 Å². The van der Waals surface area contributed by atoms with Crippen molar-refractivity contribution < 1.29 is 19.2 Å². The van der Waals surface area contributed by atoms with Crippen molar-refractivity contribution in [3.05, 3.63) is 57.6 Å². The highest BCUT2D eigenvalue weighted by Gasteiger charge is 2.14. The molecule has 0 spiro atoms. The van der Waals surface area contributed by atoms with Gasteiger partial charge in [-0.05, 0) is 50.1 Å². The summed E-state index contributed by atoms with van der Waals surface area (Å²) in [5.74, 6) is 1.39. The summed E-state index contributed by atoms with van der Waals surface area (Å²) in [7, 11) is 0. The summed E-state index contributed by atoms with van der Waals surface area (Å²) < 4.78 is 11.1. The molecule has 0 aliphatic carbocycles. The van der Waals surface area contributed by atoms with Gasteiger partial charge < -0.3 is 14.8 Å². The van der Waals surface area contributed by atoms with E-state index in [1.807, 2.05) is 32.0 Å². The quantitative estimate of drug-likeness (QED) is 0.394. The van der Waals surface area contributed by atoms with Crippen LogP contribution < -0.4 is 14.8 Å². The number of nitro groups is 1. The Morgan fingerprint density at radius 2 is 1.81 bits per heavy atom. The lowest BCUT2D eigenvalue weighted by molar-refractivity contribution is -0.384. The number of hydrogen-bond acceptors (Lipinski definition) is 6. The molecule has 0 heterocycles. The molecule has 26 heavy (non-hydrogen) atoms. The Bertz CT molecular complexity index is 777. The molecule has 0 aliphatic rings. The number of ether oxygens (including phenoxy) is 2. The summed E-state index contributed by atoms with van der Waals surface area (Å²) in [5, 5.41) is 14.2. The number of benzene rings is 2. The van der Waals surface area contributed by atoms with Crippen molar-refractivity contribution in [2.75, 3.05) is 25.1 Å². The molecule has 0 fully saturated rings. The van der Waals surface area contributed by atoms with Crippen LogP contribution in [-0.2, 0) is 6.42 Å². The van der Waals surface area contributed by atoms with Gasteiger partial charge in [-0.2, -0.15) is 0 Å². The standard InChI is InChI=1S/C19H22N2O5/c1-3-25-18-8-6-14(12-19(18)26-4-2)9-10-20-16-7-5-15(13-22)11-17(16)21(23)24/h5-8,11-13,20H,3-4,9-10H2,1-2H3. The lowest BCUT2D eigenvalue weighted by Gasteiger charge is -2.13. The number of anilines is 1. The van der Waals surface area contributed by atoms with E-state index in [0.29, 0.717) is 49.7 Å². The van der Waals surface area contributed by atoms with E-state index in [1.165, 1.54) is 6.07 Å². The Balaban J connectivity index is 2.06. The van der Waals surface area contributed by atoms with Crippen molar-refractivity contribution in [2.45, 2.75) is 20.3 Å². The van der Waals surface area contributed by atoms with Crippen LogP contribution in [0.15, 0.2) is 36.4 Å². The number of rotatable bonds is 10. The first kappa shape index (κ1) is 19.2. The maximum atomic E-state index is 11.2. The van der Waals surface area contributed by atoms with Crippen LogP contribution >= 0.6 is 0 Å². The molecule has 2 rings (SSSR count). The Morgan fingerprint density at radius 3 is 2.46 bits per heavy atom. The number of carbonyl (C=O) groups is 1. The summed E-state index contributed by atoms with van der Waals surface area (Å²) in [5.41, 5.74) is 1.57. The van der Waals surface area contributed by atoms with E-state index in [1.54, 1.807) is 12.1 Å². The van der Waals surface area contributed by atoms with Gasteiger partial charge in [0.25, 0.3) is 5.69 Å². The molecule has 0 saturated heterocycles. The molecule has 2 aromatic carbocycles. The fourth-order valence-corrected chi connectivity index (χ4v) is 2.52. The number of hydrogen-bond donors (Lipinski definition) is 1. The molecule has 138 valence electrons. The number of nitro benzene ring substituents is 1. The van der Waals surface area contributed by atoms with Gasteiger partial charge in [0.2, 0.25) is 0 Å². The van der Waals surface area contributed by atoms with E-state index in [2.05, 4.69) is 5.32 Å². The smallest absolute Gasteiger partial charge is 0.293 e. The maximum Gasteiger partial charge on any atom is 0.293 e. The van der Waals surface area contributed by atoms with E-state index in [4.69, 9.17) is 9.47 Å². The van der Waals surface area contributed by atoms with Crippen molar-refractivity contribution in [2.24, 2.45) is 0 Å². The third kappa shape index (κ3) is 4.95. The minimum atomic E-state index is -0.501. The van der Waals surface area contributed by atoms with Crippen molar-refractivity contribution in [3.8, 4) is 11.5 Å². The van der Waals surface area contributed by atoms with Crippen LogP contribution in [0, 0.1) is 10.1 Å². The topological polar surface area (TPSA) is 90.7 Å². The van der Waals surface area contributed by atoms with E-state index in [-0.39, 0.29) is 11.3 Å². The van der Waals surface area contributed by atoms with E-state index in [0.717, 1.165) is 5.56 Å². The Kier molecular flexibility index (Phi) is 6.96. The molecular weight excluding hydrogens is 336 g/mol. The molecule has 1 N–H and O–H groups in total. The monoisotopic (exact) mass is 358 g/mol. The molecule has 2 aromatic rings. The van der Waals surface area contributed by atoms with Crippen LogP contribution in [0.3, 0.4) is 0 Å². The fraction of sp³-hybridized carbons (Fsp3) is 0.316. The first-order chi connectivity index (χ1) is 12.6. The van der Waals surface area contributed by atoms with Gasteiger partial charge >= 0.3 is 0 Å². The van der Waals surface area contributed by atoms with Gasteiger partial charge in [-0.3, -0.25) is 14.9 Å². The second-order valence-electron chi connectivity index (χ2n) is 5.48. The Morgan fingerprint density at radius 1 is 1.08 bits per heavy atom. The zero-order valence-electron chi connectivity index (χ0n) is 14.9. The number of nitrogens with zero attached hydrogens (tertiary/aromatic N) is 1. The molecule has 0 aliphatic heterocycles. The van der Waals surface area contributed by atoms with Crippen molar-refractivity contribution in [1.82, 2.24) is 0 Å². The lowest BCUT2D eigenvalue weighted by atomic mass is 10.1. The minimum Gasteiger partial charge on any atom is -0.490 e. The third-order valence-corrected chi connectivity index (χ3v) is 3.69.